The van der Waals surface area contributed by atoms with Gasteiger partial charge >= 0.3 is 0 Å². The Morgan fingerprint density at radius 2 is 2.25 bits per heavy atom. The maximum atomic E-state index is 5.20. The van der Waals surface area contributed by atoms with Crippen LogP contribution < -0.4 is 5.32 Å². The molecule has 1 aliphatic heterocycles. The van der Waals surface area contributed by atoms with Crippen LogP contribution >= 0.6 is 0 Å². The molecule has 1 atom stereocenters. The van der Waals surface area contributed by atoms with Crippen molar-refractivity contribution < 1.29 is 4.74 Å². The van der Waals surface area contributed by atoms with E-state index >= 15 is 0 Å². The quantitative estimate of drug-likeness (QED) is 0.694. The Hall–Kier alpha value is -0.0800. The van der Waals surface area contributed by atoms with Crippen LogP contribution in [0.2, 0.25) is 0 Å². The van der Waals surface area contributed by atoms with Crippen LogP contribution in [0.1, 0.15) is 26.7 Å². The largest absolute Gasteiger partial charge is 0.384 e. The molecule has 0 aromatic rings. The van der Waals surface area contributed by atoms with Gasteiger partial charge in [0.25, 0.3) is 0 Å². The van der Waals surface area contributed by atoms with Crippen LogP contribution in [0.5, 0.6) is 0 Å². The highest BCUT2D eigenvalue weighted by molar-refractivity contribution is 4.78. The van der Waals surface area contributed by atoms with Gasteiger partial charge in [-0.05, 0) is 37.3 Å². The summed E-state index contributed by atoms with van der Waals surface area (Å²) in [4.78, 5) is 0. The number of hydrogen-bond acceptors (Lipinski definition) is 2. The van der Waals surface area contributed by atoms with Crippen LogP contribution in [-0.4, -0.2) is 26.8 Å². The van der Waals surface area contributed by atoms with Crippen LogP contribution in [0.15, 0.2) is 0 Å². The van der Waals surface area contributed by atoms with Crippen LogP contribution in [0.25, 0.3) is 0 Å². The lowest BCUT2D eigenvalue weighted by atomic mass is 9.83. The summed E-state index contributed by atoms with van der Waals surface area (Å²) in [5, 5.41) is 3.40. The summed E-state index contributed by atoms with van der Waals surface area (Å²) in [6, 6.07) is 0. The van der Waals surface area contributed by atoms with Crippen molar-refractivity contribution in [2.45, 2.75) is 26.7 Å². The van der Waals surface area contributed by atoms with Gasteiger partial charge < -0.3 is 10.1 Å². The molecule has 0 amide bonds. The molecule has 0 radical (unpaired) electrons. The van der Waals surface area contributed by atoms with E-state index < -0.39 is 0 Å². The van der Waals surface area contributed by atoms with Gasteiger partial charge in [0.15, 0.2) is 0 Å². The molecular formula is C10H21NO. The van der Waals surface area contributed by atoms with Gasteiger partial charge in [0.05, 0.1) is 6.61 Å². The Balaban J connectivity index is 2.27. The van der Waals surface area contributed by atoms with E-state index in [9.17, 15) is 0 Å². The average Bonchev–Trinajstić information content (AvgIpc) is 2.38. The zero-order chi connectivity index (χ0) is 9.03. The summed E-state index contributed by atoms with van der Waals surface area (Å²) in [6.07, 6.45) is 2.63. The van der Waals surface area contributed by atoms with Gasteiger partial charge in [0.2, 0.25) is 0 Å². The van der Waals surface area contributed by atoms with Crippen molar-refractivity contribution >= 4 is 0 Å². The van der Waals surface area contributed by atoms with Gasteiger partial charge in [0.1, 0.15) is 0 Å². The van der Waals surface area contributed by atoms with Gasteiger partial charge in [-0.2, -0.15) is 0 Å². The predicted molar refractivity (Wildman–Crippen MR) is 51.3 cm³/mol. The molecule has 1 unspecified atom stereocenters. The molecule has 1 rings (SSSR count). The monoisotopic (exact) mass is 171 g/mol. The molecule has 0 aromatic heterocycles. The molecule has 0 aromatic carbocycles. The van der Waals surface area contributed by atoms with Gasteiger partial charge in [-0.15, -0.1) is 0 Å². The van der Waals surface area contributed by atoms with Crippen molar-refractivity contribution in [2.75, 3.05) is 26.8 Å². The summed E-state index contributed by atoms with van der Waals surface area (Å²) >= 11 is 0. The van der Waals surface area contributed by atoms with Crippen LogP contribution in [0.4, 0.5) is 0 Å². The minimum Gasteiger partial charge on any atom is -0.384 e. The lowest BCUT2D eigenvalue weighted by Crippen LogP contribution is -2.23. The number of nitrogens with one attached hydrogen (secondary N) is 1. The van der Waals surface area contributed by atoms with Gasteiger partial charge in [-0.25, -0.2) is 0 Å². The second kappa shape index (κ2) is 4.24. The van der Waals surface area contributed by atoms with Crippen molar-refractivity contribution in [1.29, 1.82) is 0 Å². The maximum Gasteiger partial charge on any atom is 0.0513 e. The smallest absolute Gasteiger partial charge is 0.0513 e. The highest BCUT2D eigenvalue weighted by Gasteiger charge is 2.25. The normalized spacial score (nSPS) is 24.8. The number of rotatable bonds is 4. The fraction of sp³-hybridized carbons (Fsp3) is 1.00. The zero-order valence-electron chi connectivity index (χ0n) is 8.52. The van der Waals surface area contributed by atoms with E-state index in [1.165, 1.54) is 25.9 Å². The molecule has 0 saturated carbocycles. The standard InChI is InChI=1S/C10H21NO/c1-10(2,8-12-3)6-9-4-5-11-7-9/h9,11H,4-8H2,1-3H3. The third-order valence-corrected chi connectivity index (χ3v) is 2.54. The minimum atomic E-state index is 0.353. The van der Waals surface area contributed by atoms with Crippen molar-refractivity contribution in [3.63, 3.8) is 0 Å². The molecule has 1 N–H and O–H groups in total. The minimum absolute atomic E-state index is 0.353. The van der Waals surface area contributed by atoms with Crippen LogP contribution in [-0.2, 0) is 4.74 Å². The Morgan fingerprint density at radius 1 is 1.50 bits per heavy atom. The van der Waals surface area contributed by atoms with E-state index in [0.717, 1.165) is 12.5 Å². The fourth-order valence-corrected chi connectivity index (χ4v) is 2.12. The van der Waals surface area contributed by atoms with E-state index in [-0.39, 0.29) is 0 Å². The fourth-order valence-electron chi connectivity index (χ4n) is 2.12. The van der Waals surface area contributed by atoms with E-state index in [2.05, 4.69) is 19.2 Å². The molecule has 72 valence electrons. The summed E-state index contributed by atoms with van der Waals surface area (Å²) in [6.45, 7) is 7.86. The summed E-state index contributed by atoms with van der Waals surface area (Å²) < 4.78 is 5.20. The van der Waals surface area contributed by atoms with E-state index in [0.29, 0.717) is 5.41 Å². The van der Waals surface area contributed by atoms with Crippen LogP contribution in [0.3, 0.4) is 0 Å². The molecule has 0 aliphatic carbocycles. The van der Waals surface area contributed by atoms with Gasteiger partial charge in [-0.3, -0.25) is 0 Å². The molecular weight excluding hydrogens is 150 g/mol. The molecule has 2 heteroatoms. The second-order valence-corrected chi connectivity index (χ2v) is 4.66. The molecule has 0 spiro atoms. The zero-order valence-corrected chi connectivity index (χ0v) is 8.52. The number of ether oxygens (including phenoxy) is 1. The Morgan fingerprint density at radius 3 is 2.75 bits per heavy atom. The van der Waals surface area contributed by atoms with Crippen molar-refractivity contribution in [2.24, 2.45) is 11.3 Å². The Bertz CT molecular complexity index is 128. The molecule has 1 saturated heterocycles. The SMILES string of the molecule is COCC(C)(C)CC1CCNC1. The topological polar surface area (TPSA) is 21.3 Å². The summed E-state index contributed by atoms with van der Waals surface area (Å²) in [5.41, 5.74) is 0.353. The first kappa shape index (κ1) is 10.0. The lowest BCUT2D eigenvalue weighted by molar-refractivity contribution is 0.0872. The summed E-state index contributed by atoms with van der Waals surface area (Å²) in [5.74, 6) is 0.871. The van der Waals surface area contributed by atoms with Gasteiger partial charge in [0, 0.05) is 7.11 Å². The Labute approximate surface area is 75.7 Å². The van der Waals surface area contributed by atoms with Crippen LogP contribution in [0, 0.1) is 11.3 Å². The first-order valence-electron chi connectivity index (χ1n) is 4.84. The van der Waals surface area contributed by atoms with Crippen molar-refractivity contribution in [3.05, 3.63) is 0 Å². The first-order valence-corrected chi connectivity index (χ1v) is 4.84. The Kier molecular flexibility index (Phi) is 3.53. The molecule has 1 fully saturated rings. The molecule has 12 heavy (non-hydrogen) atoms. The van der Waals surface area contributed by atoms with E-state index in [4.69, 9.17) is 4.74 Å². The average molecular weight is 171 g/mol. The molecule has 1 heterocycles. The number of hydrogen-bond donors (Lipinski definition) is 1. The van der Waals surface area contributed by atoms with Crippen molar-refractivity contribution in [1.82, 2.24) is 5.32 Å². The maximum absolute atomic E-state index is 5.20. The number of methoxy groups -OCH3 is 1. The highest BCUT2D eigenvalue weighted by atomic mass is 16.5. The first-order chi connectivity index (χ1) is 5.64. The summed E-state index contributed by atoms with van der Waals surface area (Å²) in [7, 11) is 1.79. The molecule has 1 aliphatic rings. The second-order valence-electron chi connectivity index (χ2n) is 4.66. The van der Waals surface area contributed by atoms with E-state index in [1.807, 2.05) is 0 Å². The molecule has 0 bridgehead atoms. The highest BCUT2D eigenvalue weighted by Crippen LogP contribution is 2.28. The third-order valence-electron chi connectivity index (χ3n) is 2.54. The van der Waals surface area contributed by atoms with Crippen molar-refractivity contribution in [3.8, 4) is 0 Å². The lowest BCUT2D eigenvalue weighted by Gasteiger charge is -2.26. The van der Waals surface area contributed by atoms with E-state index in [1.54, 1.807) is 7.11 Å². The predicted octanol–water partition coefficient (Wildman–Crippen LogP) is 1.66. The molecule has 2 nitrogen and oxygen atoms in total. The van der Waals surface area contributed by atoms with Gasteiger partial charge in [-0.1, -0.05) is 13.8 Å². The third kappa shape index (κ3) is 3.11.